The average molecular weight is 285 g/mol. The van der Waals surface area contributed by atoms with Crippen LogP contribution in [0.1, 0.15) is 35.4 Å². The number of benzene rings is 1. The molecule has 0 bridgehead atoms. The summed E-state index contributed by atoms with van der Waals surface area (Å²) in [6.07, 6.45) is 2.50. The highest BCUT2D eigenvalue weighted by Gasteiger charge is 2.26. The van der Waals surface area contributed by atoms with Crippen molar-refractivity contribution in [1.29, 1.82) is 0 Å². The molecule has 0 saturated carbocycles. The first-order valence-electron chi connectivity index (χ1n) is 7.16. The number of amides is 1. The van der Waals surface area contributed by atoms with Crippen molar-refractivity contribution in [2.75, 3.05) is 0 Å². The number of aromatic nitrogens is 2. The van der Waals surface area contributed by atoms with E-state index >= 15 is 0 Å². The first-order valence-corrected chi connectivity index (χ1v) is 7.16. The molecule has 21 heavy (non-hydrogen) atoms. The van der Waals surface area contributed by atoms with Crippen molar-refractivity contribution in [3.63, 3.8) is 0 Å². The number of hydrogen-bond acceptors (Lipinski definition) is 4. The molecule has 1 aliphatic rings. The van der Waals surface area contributed by atoms with Crippen molar-refractivity contribution >= 4 is 5.91 Å². The smallest absolute Gasteiger partial charge is 0.273 e. The van der Waals surface area contributed by atoms with E-state index in [1.165, 1.54) is 5.56 Å². The molecule has 1 aliphatic heterocycles. The summed E-state index contributed by atoms with van der Waals surface area (Å²) in [7, 11) is 0. The van der Waals surface area contributed by atoms with Gasteiger partial charge in [0.2, 0.25) is 0 Å². The normalized spacial score (nSPS) is 21.4. The summed E-state index contributed by atoms with van der Waals surface area (Å²) in [5.41, 5.74) is 7.97. The Kier molecular flexibility index (Phi) is 3.98. The Hall–Kier alpha value is -2.18. The number of carbonyl (C=O) groups excluding carboxylic acids is 1. The van der Waals surface area contributed by atoms with E-state index in [-0.39, 0.29) is 18.1 Å². The molecule has 2 unspecified atom stereocenters. The molecule has 1 saturated heterocycles. The van der Waals surface area contributed by atoms with Gasteiger partial charge in [0.15, 0.2) is 0 Å². The lowest BCUT2D eigenvalue weighted by molar-refractivity contribution is 0.0926. The molecule has 0 spiro atoms. The number of hydrogen-bond donors (Lipinski definition) is 3. The molecule has 6 heteroatoms. The molecule has 3 rings (SSSR count). The topological polar surface area (TPSA) is 71.0 Å². The quantitative estimate of drug-likeness (QED) is 0.789. The number of carbonyl (C=O) groups is 1. The van der Waals surface area contributed by atoms with Gasteiger partial charge in [-0.05, 0) is 18.6 Å². The second-order valence-corrected chi connectivity index (χ2v) is 5.07. The maximum Gasteiger partial charge on any atom is 0.273 e. The van der Waals surface area contributed by atoms with E-state index in [4.69, 9.17) is 0 Å². The van der Waals surface area contributed by atoms with E-state index in [2.05, 4.69) is 33.4 Å². The minimum absolute atomic E-state index is 0.102. The summed E-state index contributed by atoms with van der Waals surface area (Å²) in [4.78, 5) is 12.1. The van der Waals surface area contributed by atoms with Crippen LogP contribution in [0.3, 0.4) is 0 Å². The molecule has 6 nitrogen and oxygen atoms in total. The van der Waals surface area contributed by atoms with Gasteiger partial charge in [-0.15, -0.1) is 0 Å². The van der Waals surface area contributed by atoms with Gasteiger partial charge in [-0.25, -0.2) is 10.9 Å². The Labute approximate surface area is 123 Å². The standard InChI is InChI=1S/C15H19N5O/c1-2-20-9-8-12(19-20)15(21)16-14-10-13(17-18-14)11-6-4-3-5-7-11/h3-9,13-14,17-18H,2,10H2,1H3,(H,16,21). The van der Waals surface area contributed by atoms with Crippen molar-refractivity contribution in [1.82, 2.24) is 25.9 Å². The third-order valence-corrected chi connectivity index (χ3v) is 3.61. The molecule has 2 atom stereocenters. The van der Waals surface area contributed by atoms with Crippen LogP contribution in [0.4, 0.5) is 0 Å². The Bertz CT molecular complexity index is 610. The van der Waals surface area contributed by atoms with Gasteiger partial charge < -0.3 is 5.32 Å². The molecule has 1 amide bonds. The number of rotatable bonds is 4. The minimum Gasteiger partial charge on any atom is -0.334 e. The van der Waals surface area contributed by atoms with Crippen molar-refractivity contribution in [3.8, 4) is 0 Å². The Morgan fingerprint density at radius 1 is 1.33 bits per heavy atom. The monoisotopic (exact) mass is 285 g/mol. The van der Waals surface area contributed by atoms with Crippen LogP contribution in [-0.2, 0) is 6.54 Å². The van der Waals surface area contributed by atoms with E-state index in [1.807, 2.05) is 31.3 Å². The molecule has 2 aromatic rings. The summed E-state index contributed by atoms with van der Waals surface area (Å²) < 4.78 is 1.74. The number of nitrogens with one attached hydrogen (secondary N) is 3. The number of aryl methyl sites for hydroxylation is 1. The maximum atomic E-state index is 12.1. The summed E-state index contributed by atoms with van der Waals surface area (Å²) in [5, 5.41) is 7.15. The summed E-state index contributed by atoms with van der Waals surface area (Å²) in [6, 6.07) is 12.1. The molecule has 1 aromatic heterocycles. The van der Waals surface area contributed by atoms with Gasteiger partial charge in [0.05, 0.1) is 6.17 Å². The van der Waals surface area contributed by atoms with Crippen LogP contribution < -0.4 is 16.2 Å². The fraction of sp³-hybridized carbons (Fsp3) is 0.333. The van der Waals surface area contributed by atoms with E-state index < -0.39 is 0 Å². The lowest BCUT2D eigenvalue weighted by Crippen LogP contribution is -2.44. The van der Waals surface area contributed by atoms with Gasteiger partial charge in [-0.2, -0.15) is 5.10 Å². The van der Waals surface area contributed by atoms with E-state index in [0.717, 1.165) is 13.0 Å². The molecule has 3 N–H and O–H groups in total. The van der Waals surface area contributed by atoms with E-state index in [1.54, 1.807) is 10.7 Å². The molecular formula is C15H19N5O. The molecule has 1 fully saturated rings. The zero-order chi connectivity index (χ0) is 14.7. The lowest BCUT2D eigenvalue weighted by atomic mass is 10.0. The third kappa shape index (κ3) is 3.12. The first kappa shape index (κ1) is 13.8. The van der Waals surface area contributed by atoms with Crippen LogP contribution in [0.25, 0.3) is 0 Å². The third-order valence-electron chi connectivity index (χ3n) is 3.61. The second kappa shape index (κ2) is 6.07. The minimum atomic E-state index is -0.157. The SMILES string of the molecule is CCn1ccc(C(=O)NC2CC(c3ccccc3)NN2)n1. The zero-order valence-corrected chi connectivity index (χ0v) is 11.9. The Balaban J connectivity index is 1.58. The summed E-state index contributed by atoms with van der Waals surface area (Å²) in [6.45, 7) is 2.74. The van der Waals surface area contributed by atoms with Gasteiger partial charge in [-0.3, -0.25) is 9.48 Å². The Morgan fingerprint density at radius 3 is 2.86 bits per heavy atom. The predicted molar refractivity (Wildman–Crippen MR) is 79.2 cm³/mol. The van der Waals surface area contributed by atoms with Crippen LogP contribution in [-0.4, -0.2) is 21.9 Å². The highest BCUT2D eigenvalue weighted by atomic mass is 16.2. The van der Waals surface area contributed by atoms with Gasteiger partial charge in [0, 0.05) is 25.2 Å². The average Bonchev–Trinajstić information content (AvgIpc) is 3.17. The molecule has 2 heterocycles. The highest BCUT2D eigenvalue weighted by molar-refractivity contribution is 5.92. The fourth-order valence-corrected chi connectivity index (χ4v) is 2.45. The first-order chi connectivity index (χ1) is 10.3. The molecule has 110 valence electrons. The van der Waals surface area contributed by atoms with Crippen molar-refractivity contribution < 1.29 is 4.79 Å². The lowest BCUT2D eigenvalue weighted by Gasteiger charge is -2.11. The largest absolute Gasteiger partial charge is 0.334 e. The number of nitrogens with zero attached hydrogens (tertiary/aromatic N) is 2. The fourth-order valence-electron chi connectivity index (χ4n) is 2.45. The van der Waals surface area contributed by atoms with Crippen LogP contribution in [0, 0.1) is 0 Å². The van der Waals surface area contributed by atoms with E-state index in [9.17, 15) is 4.79 Å². The van der Waals surface area contributed by atoms with Gasteiger partial charge in [0.1, 0.15) is 5.69 Å². The molecule has 0 radical (unpaired) electrons. The van der Waals surface area contributed by atoms with Crippen LogP contribution in [0.5, 0.6) is 0 Å². The van der Waals surface area contributed by atoms with Crippen LogP contribution in [0.15, 0.2) is 42.6 Å². The van der Waals surface area contributed by atoms with Crippen LogP contribution >= 0.6 is 0 Å². The Morgan fingerprint density at radius 2 is 2.14 bits per heavy atom. The molecular weight excluding hydrogens is 266 g/mol. The van der Waals surface area contributed by atoms with Gasteiger partial charge >= 0.3 is 0 Å². The highest BCUT2D eigenvalue weighted by Crippen LogP contribution is 2.20. The van der Waals surface area contributed by atoms with Gasteiger partial charge in [0.25, 0.3) is 5.91 Å². The number of hydrazine groups is 1. The van der Waals surface area contributed by atoms with Crippen LogP contribution in [0.2, 0.25) is 0 Å². The predicted octanol–water partition coefficient (Wildman–Crippen LogP) is 1.20. The summed E-state index contributed by atoms with van der Waals surface area (Å²) >= 11 is 0. The summed E-state index contributed by atoms with van der Waals surface area (Å²) in [5.74, 6) is -0.157. The van der Waals surface area contributed by atoms with Crippen molar-refractivity contribution in [2.24, 2.45) is 0 Å². The van der Waals surface area contributed by atoms with Crippen molar-refractivity contribution in [3.05, 3.63) is 53.9 Å². The second-order valence-electron chi connectivity index (χ2n) is 5.07. The molecule has 0 aliphatic carbocycles. The van der Waals surface area contributed by atoms with Gasteiger partial charge in [-0.1, -0.05) is 30.3 Å². The van der Waals surface area contributed by atoms with Crippen molar-refractivity contribution in [2.45, 2.75) is 32.1 Å². The molecule has 1 aromatic carbocycles. The van der Waals surface area contributed by atoms with E-state index in [0.29, 0.717) is 5.69 Å². The zero-order valence-electron chi connectivity index (χ0n) is 11.9. The maximum absolute atomic E-state index is 12.1.